The zero-order valence-corrected chi connectivity index (χ0v) is 6.75. The first-order valence-corrected chi connectivity index (χ1v) is 4.75. The maximum absolute atomic E-state index is 10.2. The van der Waals surface area contributed by atoms with Gasteiger partial charge in [-0.05, 0) is 0 Å². The molecule has 0 aromatic carbocycles. The molecule has 0 bridgehead atoms. The third-order valence-corrected chi connectivity index (χ3v) is 1.50. The van der Waals surface area contributed by atoms with Gasteiger partial charge in [0.2, 0.25) is 5.91 Å². The van der Waals surface area contributed by atoms with E-state index in [0.717, 1.165) is 0 Å². The van der Waals surface area contributed by atoms with E-state index in [1.54, 1.807) is 0 Å². The Bertz CT molecular complexity index is 177. The number of amides is 1. The molecule has 0 fully saturated rings. The zero-order chi connectivity index (χ0) is 8.91. The monoisotopic (exact) mass is 182 g/mol. The predicted molar refractivity (Wildman–Crippen MR) is 38.7 cm³/mol. The molecule has 5 N–H and O–H groups in total. The van der Waals surface area contributed by atoms with E-state index in [1.165, 1.54) is 0 Å². The van der Waals surface area contributed by atoms with Crippen molar-refractivity contribution in [1.82, 2.24) is 5.32 Å². The summed E-state index contributed by atoms with van der Waals surface area (Å²) in [5, 5.41) is 2.39. The fourth-order valence-corrected chi connectivity index (χ4v) is 0.886. The average molecular weight is 182 g/mol. The molecule has 0 saturated heterocycles. The molecule has 0 aliphatic carbocycles. The average Bonchev–Trinajstić information content (AvgIpc) is 1.78. The number of carbonyl (C=O) groups excluding carboxylic acids is 1. The summed E-state index contributed by atoms with van der Waals surface area (Å²) < 4.78 is 10.2. The first kappa shape index (κ1) is 10.6. The maximum Gasteiger partial charge on any atom is 0.339 e. The van der Waals surface area contributed by atoms with Crippen molar-refractivity contribution in [2.45, 2.75) is 6.42 Å². The second kappa shape index (κ2) is 4.46. The first-order chi connectivity index (χ1) is 4.92. The molecule has 0 rings (SSSR count). The van der Waals surface area contributed by atoms with Gasteiger partial charge < -0.3 is 20.8 Å². The van der Waals surface area contributed by atoms with Gasteiger partial charge in [-0.15, -0.1) is 0 Å². The van der Waals surface area contributed by atoms with Crippen molar-refractivity contribution in [2.75, 3.05) is 12.8 Å². The van der Waals surface area contributed by atoms with Crippen LogP contribution in [0.5, 0.6) is 0 Å². The molecule has 0 heterocycles. The standard InChI is InChI=1S/C4H11N2O4P/c5-4(7)1-2-6-3-11(8,9)10/h6H,1-3H2,(H2,5,7)(H2,8,9,10). The van der Waals surface area contributed by atoms with Crippen molar-refractivity contribution in [3.8, 4) is 0 Å². The van der Waals surface area contributed by atoms with Gasteiger partial charge in [0.05, 0.1) is 6.29 Å². The number of carbonyl (C=O) groups is 1. The number of nitrogens with one attached hydrogen (secondary N) is 1. The highest BCUT2D eigenvalue weighted by Gasteiger charge is 2.10. The Balaban J connectivity index is 3.29. The second-order valence-corrected chi connectivity index (χ2v) is 3.68. The second-order valence-electron chi connectivity index (χ2n) is 2.04. The number of hydrogen-bond acceptors (Lipinski definition) is 3. The van der Waals surface area contributed by atoms with Gasteiger partial charge >= 0.3 is 7.60 Å². The molecule has 66 valence electrons. The summed E-state index contributed by atoms with van der Waals surface area (Å²) in [6.07, 6.45) is -0.333. The van der Waals surface area contributed by atoms with Crippen LogP contribution in [0.25, 0.3) is 0 Å². The number of nitrogens with two attached hydrogens (primary N) is 1. The van der Waals surface area contributed by atoms with Gasteiger partial charge in [-0.1, -0.05) is 0 Å². The minimum atomic E-state index is -3.99. The van der Waals surface area contributed by atoms with E-state index >= 15 is 0 Å². The van der Waals surface area contributed by atoms with Crippen LogP contribution in [0.3, 0.4) is 0 Å². The summed E-state index contributed by atoms with van der Waals surface area (Å²) in [6.45, 7) is 0.195. The van der Waals surface area contributed by atoms with Gasteiger partial charge in [-0.25, -0.2) is 0 Å². The van der Waals surface area contributed by atoms with Crippen molar-refractivity contribution in [3.63, 3.8) is 0 Å². The molecule has 11 heavy (non-hydrogen) atoms. The number of primary amides is 1. The Hall–Kier alpha value is -0.420. The van der Waals surface area contributed by atoms with Crippen molar-refractivity contribution >= 4 is 13.5 Å². The molecule has 0 aliphatic rings. The third-order valence-electron chi connectivity index (χ3n) is 0.866. The molecule has 0 atom stereocenters. The topological polar surface area (TPSA) is 113 Å². The van der Waals surface area contributed by atoms with Crippen LogP contribution in [0.4, 0.5) is 0 Å². The molecular weight excluding hydrogens is 171 g/mol. The lowest BCUT2D eigenvalue weighted by atomic mass is 10.4. The SMILES string of the molecule is NC(=O)CCNCP(=O)(O)O. The lowest BCUT2D eigenvalue weighted by Crippen LogP contribution is -2.22. The van der Waals surface area contributed by atoms with Crippen LogP contribution in [0, 0.1) is 0 Å². The molecule has 6 nitrogen and oxygen atoms in total. The van der Waals surface area contributed by atoms with Crippen molar-refractivity contribution in [2.24, 2.45) is 5.73 Å². The van der Waals surface area contributed by atoms with Gasteiger partial charge in [-0.2, -0.15) is 0 Å². The van der Waals surface area contributed by atoms with Crippen molar-refractivity contribution in [1.29, 1.82) is 0 Å². The quantitative estimate of drug-likeness (QED) is 0.308. The molecule has 0 spiro atoms. The van der Waals surface area contributed by atoms with Crippen LogP contribution < -0.4 is 11.1 Å². The van der Waals surface area contributed by atoms with Crippen LogP contribution in [0.15, 0.2) is 0 Å². The van der Waals surface area contributed by atoms with Gasteiger partial charge in [-0.3, -0.25) is 9.36 Å². The largest absolute Gasteiger partial charge is 0.370 e. The molecule has 0 aromatic rings. The molecule has 0 radical (unpaired) electrons. The van der Waals surface area contributed by atoms with E-state index in [-0.39, 0.29) is 13.0 Å². The highest BCUT2D eigenvalue weighted by atomic mass is 31.2. The molecule has 7 heteroatoms. The van der Waals surface area contributed by atoms with Crippen LogP contribution in [0.2, 0.25) is 0 Å². The van der Waals surface area contributed by atoms with Gasteiger partial charge in [0.1, 0.15) is 0 Å². The molecule has 0 unspecified atom stereocenters. The van der Waals surface area contributed by atoms with E-state index in [2.05, 4.69) is 5.32 Å². The van der Waals surface area contributed by atoms with Crippen LogP contribution in [0.1, 0.15) is 6.42 Å². The fourth-order valence-electron chi connectivity index (χ4n) is 0.436. The Kier molecular flexibility index (Phi) is 4.29. The molecule has 0 aliphatic heterocycles. The summed E-state index contributed by atoms with van der Waals surface area (Å²) in [5.74, 6) is -0.497. The first-order valence-electron chi connectivity index (χ1n) is 2.95. The van der Waals surface area contributed by atoms with E-state index in [4.69, 9.17) is 15.5 Å². The van der Waals surface area contributed by atoms with Crippen molar-refractivity contribution < 1.29 is 19.1 Å². The Morgan fingerprint density at radius 2 is 2.09 bits per heavy atom. The molecule has 1 amide bonds. The maximum atomic E-state index is 10.2. The lowest BCUT2D eigenvalue weighted by Gasteiger charge is -2.03. The normalized spacial score (nSPS) is 11.5. The van der Waals surface area contributed by atoms with Crippen LogP contribution >= 0.6 is 7.60 Å². The Morgan fingerprint density at radius 1 is 1.55 bits per heavy atom. The molecular formula is C4H11N2O4P. The molecule has 0 aromatic heterocycles. The highest BCUT2D eigenvalue weighted by Crippen LogP contribution is 2.31. The molecule has 0 saturated carbocycles. The van der Waals surface area contributed by atoms with E-state index in [0.29, 0.717) is 0 Å². The minimum absolute atomic E-state index is 0.0833. The van der Waals surface area contributed by atoms with E-state index in [9.17, 15) is 9.36 Å². The summed E-state index contributed by atoms with van der Waals surface area (Å²) in [7, 11) is -3.99. The third kappa shape index (κ3) is 9.58. The van der Waals surface area contributed by atoms with Gasteiger partial charge in [0, 0.05) is 13.0 Å². The Morgan fingerprint density at radius 3 is 2.45 bits per heavy atom. The van der Waals surface area contributed by atoms with Gasteiger partial charge in [0.15, 0.2) is 0 Å². The number of hydrogen-bond donors (Lipinski definition) is 4. The Labute approximate surface area is 63.9 Å². The summed E-state index contributed by atoms with van der Waals surface area (Å²) >= 11 is 0. The number of rotatable bonds is 5. The fraction of sp³-hybridized carbons (Fsp3) is 0.750. The zero-order valence-electron chi connectivity index (χ0n) is 5.86. The lowest BCUT2D eigenvalue weighted by molar-refractivity contribution is -0.117. The van der Waals surface area contributed by atoms with E-state index < -0.39 is 19.8 Å². The predicted octanol–water partition coefficient (Wildman–Crippen LogP) is -1.41. The highest BCUT2D eigenvalue weighted by molar-refractivity contribution is 7.51. The summed E-state index contributed by atoms with van der Waals surface area (Å²) in [5.41, 5.74) is 4.77. The summed E-state index contributed by atoms with van der Waals surface area (Å²) in [6, 6.07) is 0. The van der Waals surface area contributed by atoms with Crippen LogP contribution in [-0.2, 0) is 9.36 Å². The smallest absolute Gasteiger partial charge is 0.339 e. The van der Waals surface area contributed by atoms with E-state index in [1.807, 2.05) is 0 Å². The van der Waals surface area contributed by atoms with Crippen molar-refractivity contribution in [3.05, 3.63) is 0 Å². The van der Waals surface area contributed by atoms with Crippen LogP contribution in [-0.4, -0.2) is 28.5 Å². The van der Waals surface area contributed by atoms with Gasteiger partial charge in [0.25, 0.3) is 0 Å². The summed E-state index contributed by atoms with van der Waals surface area (Å²) in [4.78, 5) is 26.7. The minimum Gasteiger partial charge on any atom is -0.370 e.